The fraction of sp³-hybridized carbons (Fsp3) is 0.333. The number of anilines is 1. The summed E-state index contributed by atoms with van der Waals surface area (Å²) in [5.74, 6) is 0.577. The minimum absolute atomic E-state index is 0.0120. The van der Waals surface area contributed by atoms with Crippen LogP contribution in [0.1, 0.15) is 52.3 Å². The average Bonchev–Trinajstić information content (AvgIpc) is 3.28. The number of carbonyl (C=O) groups is 1. The molecule has 4 rings (SSSR count). The molecule has 0 unspecified atom stereocenters. The smallest absolute Gasteiger partial charge is 0.182 e. The van der Waals surface area contributed by atoms with Crippen molar-refractivity contribution in [3.05, 3.63) is 63.5 Å². The molecule has 0 amide bonds. The third-order valence-electron chi connectivity index (χ3n) is 5.99. The maximum atomic E-state index is 13.2. The summed E-state index contributed by atoms with van der Waals surface area (Å²) in [6, 6.07) is 7.22. The molecule has 3 aromatic rings. The first-order valence-electron chi connectivity index (χ1n) is 10.7. The number of pyridine rings is 1. The second-order valence-electron chi connectivity index (χ2n) is 8.10. The lowest BCUT2D eigenvalue weighted by Gasteiger charge is -2.21. The number of Topliss-reactive ketones (excluding diaryl/α,β-unsaturated/α-hetero) is 1. The summed E-state index contributed by atoms with van der Waals surface area (Å²) in [6.07, 6.45) is 6.95. The number of piperidine rings is 1. The first-order valence-corrected chi connectivity index (χ1v) is 11.9. The van der Waals surface area contributed by atoms with Crippen LogP contribution in [0.4, 0.5) is 5.69 Å². The van der Waals surface area contributed by atoms with Crippen LogP contribution in [0.2, 0.25) is 5.02 Å². The fourth-order valence-electron chi connectivity index (χ4n) is 3.97. The molecule has 32 heavy (non-hydrogen) atoms. The summed E-state index contributed by atoms with van der Waals surface area (Å²) in [6.45, 7) is 3.85. The maximum Gasteiger partial charge on any atom is 0.182 e. The molecule has 4 N–H and O–H groups in total. The number of carbonyl (C=O) groups excluding carboxylic acids is 1. The largest absolute Gasteiger partial charge is 0.398 e. The number of benzene rings is 1. The molecule has 0 aliphatic carbocycles. The highest BCUT2D eigenvalue weighted by Gasteiger charge is 2.24. The van der Waals surface area contributed by atoms with E-state index in [4.69, 9.17) is 22.7 Å². The summed E-state index contributed by atoms with van der Waals surface area (Å²) >= 11 is 7.50. The van der Waals surface area contributed by atoms with E-state index in [-0.39, 0.29) is 11.5 Å². The van der Waals surface area contributed by atoms with Crippen molar-refractivity contribution >= 4 is 40.1 Å². The van der Waals surface area contributed by atoms with Crippen molar-refractivity contribution in [2.24, 2.45) is 5.92 Å². The second kappa shape index (κ2) is 9.90. The molecule has 166 valence electrons. The number of nitrogens with two attached hydrogens (primary N) is 1. The van der Waals surface area contributed by atoms with Gasteiger partial charge in [-0.1, -0.05) is 17.7 Å². The lowest BCUT2D eigenvalue weighted by Crippen LogP contribution is -2.28. The third-order valence-corrected chi connectivity index (χ3v) is 7.52. The quantitative estimate of drug-likeness (QED) is 0.254. The molecule has 1 fully saturated rings. The van der Waals surface area contributed by atoms with E-state index in [9.17, 15) is 4.79 Å². The Labute approximate surface area is 196 Å². The molecule has 3 heterocycles. The van der Waals surface area contributed by atoms with Crippen molar-refractivity contribution in [2.45, 2.75) is 32.6 Å². The van der Waals surface area contributed by atoms with E-state index in [1.807, 2.05) is 19.1 Å². The molecule has 1 aliphatic heterocycles. The summed E-state index contributed by atoms with van der Waals surface area (Å²) < 4.78 is 0. The van der Waals surface area contributed by atoms with Gasteiger partial charge < -0.3 is 11.1 Å². The van der Waals surface area contributed by atoms with Gasteiger partial charge in [-0.2, -0.15) is 0 Å². The number of aromatic nitrogens is 2. The lowest BCUT2D eigenvalue weighted by molar-refractivity contribution is 0.0967. The van der Waals surface area contributed by atoms with E-state index in [0.717, 1.165) is 48.4 Å². The number of nitrogens with zero attached hydrogens (tertiary/aromatic N) is 2. The van der Waals surface area contributed by atoms with Gasteiger partial charge in [0.25, 0.3) is 0 Å². The number of ketones is 1. The Hall–Kier alpha value is -2.61. The summed E-state index contributed by atoms with van der Waals surface area (Å²) in [5.41, 5.74) is 9.43. The van der Waals surface area contributed by atoms with Gasteiger partial charge in [0, 0.05) is 40.7 Å². The maximum absolute atomic E-state index is 13.2. The number of halogens is 1. The van der Waals surface area contributed by atoms with Gasteiger partial charge in [-0.3, -0.25) is 15.2 Å². The molecule has 0 bridgehead atoms. The highest BCUT2D eigenvalue weighted by molar-refractivity contribution is 7.17. The summed E-state index contributed by atoms with van der Waals surface area (Å²) in [5, 5.41) is 13.1. The van der Waals surface area contributed by atoms with Crippen molar-refractivity contribution in [1.82, 2.24) is 15.3 Å². The zero-order chi connectivity index (χ0) is 22.7. The normalized spacial score (nSPS) is 14.4. The summed E-state index contributed by atoms with van der Waals surface area (Å²) in [4.78, 5) is 22.8. The molecular weight excluding hydrogens is 442 g/mol. The van der Waals surface area contributed by atoms with Gasteiger partial charge in [0.1, 0.15) is 10.7 Å². The lowest BCUT2D eigenvalue weighted by atomic mass is 9.91. The Kier molecular flexibility index (Phi) is 6.98. The Morgan fingerprint density at radius 2 is 2.09 bits per heavy atom. The molecule has 0 saturated carbocycles. The zero-order valence-corrected chi connectivity index (χ0v) is 19.5. The van der Waals surface area contributed by atoms with Crippen LogP contribution in [0, 0.1) is 18.3 Å². The minimum Gasteiger partial charge on any atom is -0.398 e. The van der Waals surface area contributed by atoms with Gasteiger partial charge in [0.05, 0.1) is 10.6 Å². The van der Waals surface area contributed by atoms with Crippen LogP contribution in [0.3, 0.4) is 0 Å². The van der Waals surface area contributed by atoms with Crippen molar-refractivity contribution in [1.29, 1.82) is 5.41 Å². The van der Waals surface area contributed by atoms with Crippen LogP contribution < -0.4 is 11.1 Å². The molecule has 1 aliphatic rings. The third kappa shape index (κ3) is 4.75. The highest BCUT2D eigenvalue weighted by atomic mass is 35.5. The van der Waals surface area contributed by atoms with Gasteiger partial charge in [0.15, 0.2) is 5.78 Å². The SMILES string of the molecule is Cc1c(Cl)ccc(C(=N)c2nc(C(=O)CCC3CCNCC3)c(-c3cccnc3)s2)c1N. The molecule has 6 nitrogen and oxygen atoms in total. The molecular formula is C24H26ClN5OS. The van der Waals surface area contributed by atoms with E-state index < -0.39 is 0 Å². The second-order valence-corrected chi connectivity index (χ2v) is 9.51. The Bertz CT molecular complexity index is 1140. The van der Waals surface area contributed by atoms with Crippen LogP contribution >= 0.6 is 22.9 Å². The number of nitrogens with one attached hydrogen (secondary N) is 2. The van der Waals surface area contributed by atoms with E-state index in [0.29, 0.717) is 39.3 Å². The van der Waals surface area contributed by atoms with Crippen molar-refractivity contribution in [2.75, 3.05) is 18.8 Å². The fourth-order valence-corrected chi connectivity index (χ4v) is 5.17. The predicted octanol–water partition coefficient (Wildman–Crippen LogP) is 5.13. The Balaban J connectivity index is 1.66. The van der Waals surface area contributed by atoms with Crippen LogP contribution in [-0.4, -0.2) is 34.6 Å². The van der Waals surface area contributed by atoms with Crippen LogP contribution in [0.5, 0.6) is 0 Å². The highest BCUT2D eigenvalue weighted by Crippen LogP contribution is 2.34. The number of hydrogen-bond donors (Lipinski definition) is 3. The van der Waals surface area contributed by atoms with E-state index in [1.54, 1.807) is 24.5 Å². The van der Waals surface area contributed by atoms with Gasteiger partial charge in [-0.25, -0.2) is 4.98 Å². The molecule has 8 heteroatoms. The van der Waals surface area contributed by atoms with Crippen molar-refractivity contribution in [3.63, 3.8) is 0 Å². The number of thiazole rings is 1. The Morgan fingerprint density at radius 1 is 1.31 bits per heavy atom. The first-order chi connectivity index (χ1) is 15.5. The van der Waals surface area contributed by atoms with Gasteiger partial charge >= 0.3 is 0 Å². The topological polar surface area (TPSA) is 105 Å². The molecule has 0 atom stereocenters. The van der Waals surface area contributed by atoms with E-state index in [2.05, 4.69) is 15.3 Å². The molecule has 1 aromatic carbocycles. The monoisotopic (exact) mass is 467 g/mol. The summed E-state index contributed by atoms with van der Waals surface area (Å²) in [7, 11) is 0. The van der Waals surface area contributed by atoms with Crippen LogP contribution in [0.15, 0.2) is 36.7 Å². The van der Waals surface area contributed by atoms with Gasteiger partial charge in [-0.05, 0) is 69.0 Å². The average molecular weight is 468 g/mol. The molecule has 0 radical (unpaired) electrons. The number of rotatable bonds is 7. The molecule has 0 spiro atoms. The first kappa shape index (κ1) is 22.6. The zero-order valence-electron chi connectivity index (χ0n) is 18.0. The molecule has 1 saturated heterocycles. The van der Waals surface area contributed by atoms with Gasteiger partial charge in [-0.15, -0.1) is 11.3 Å². The van der Waals surface area contributed by atoms with Crippen LogP contribution in [-0.2, 0) is 0 Å². The number of hydrogen-bond acceptors (Lipinski definition) is 7. The van der Waals surface area contributed by atoms with E-state index >= 15 is 0 Å². The van der Waals surface area contributed by atoms with Crippen molar-refractivity contribution in [3.8, 4) is 10.4 Å². The molecule has 2 aromatic heterocycles. The van der Waals surface area contributed by atoms with Crippen molar-refractivity contribution < 1.29 is 4.79 Å². The predicted molar refractivity (Wildman–Crippen MR) is 131 cm³/mol. The standard InChI is InChI=1S/C24H26ClN5OS/c1-14-18(25)6-5-17(20(14)26)21(27)24-30-22(23(32-24)16-3-2-10-29-13-16)19(31)7-4-15-8-11-28-12-9-15/h2-3,5-6,10,13,15,27-28H,4,7-9,11-12,26H2,1H3. The van der Waals surface area contributed by atoms with Gasteiger partial charge in [0.2, 0.25) is 0 Å². The van der Waals surface area contributed by atoms with E-state index in [1.165, 1.54) is 11.3 Å². The van der Waals surface area contributed by atoms with Crippen LogP contribution in [0.25, 0.3) is 10.4 Å². The number of nitrogen functional groups attached to an aromatic ring is 1. The Morgan fingerprint density at radius 3 is 2.81 bits per heavy atom. The minimum atomic E-state index is 0.0120.